The van der Waals surface area contributed by atoms with Crippen molar-refractivity contribution in [1.82, 2.24) is 0 Å². The van der Waals surface area contributed by atoms with Gasteiger partial charge in [-0.05, 0) is 5.92 Å². The smallest absolute Gasteiger partial charge is 0.0701 e. The zero-order valence-electron chi connectivity index (χ0n) is 8.23. The van der Waals surface area contributed by atoms with Gasteiger partial charge in [0.15, 0.2) is 0 Å². The highest BCUT2D eigenvalue weighted by molar-refractivity contribution is 4.47. The van der Waals surface area contributed by atoms with Crippen LogP contribution in [0.15, 0.2) is 0 Å². The molecule has 1 nitrogen and oxygen atoms in total. The molecule has 1 unspecified atom stereocenters. The van der Waals surface area contributed by atoms with Crippen molar-refractivity contribution < 1.29 is 4.74 Å². The lowest BCUT2D eigenvalue weighted by Crippen LogP contribution is -1.89. The molecule has 1 saturated heterocycles. The van der Waals surface area contributed by atoms with Gasteiger partial charge in [0, 0.05) is 0 Å². The minimum atomic E-state index is 0.954. The summed E-state index contributed by atoms with van der Waals surface area (Å²) in [5, 5.41) is 0. The summed E-state index contributed by atoms with van der Waals surface area (Å²) in [7, 11) is 0. The molecule has 0 amide bonds. The van der Waals surface area contributed by atoms with Gasteiger partial charge in [-0.15, -0.1) is 0 Å². The third-order valence-corrected chi connectivity index (χ3v) is 1.95. The highest BCUT2D eigenvalue weighted by Gasteiger charge is 1.94. The lowest BCUT2D eigenvalue weighted by molar-refractivity contribution is 0.475. The Labute approximate surface area is 71.1 Å². The van der Waals surface area contributed by atoms with E-state index in [4.69, 9.17) is 0 Å². The molecule has 0 bridgehead atoms. The fraction of sp³-hybridized carbons (Fsp3) is 1.00. The molecule has 0 saturated carbocycles. The molecule has 0 N–H and O–H groups in total. The third kappa shape index (κ3) is 13.0. The van der Waals surface area contributed by atoms with Crippen molar-refractivity contribution in [1.29, 1.82) is 0 Å². The summed E-state index contributed by atoms with van der Waals surface area (Å²) in [5.74, 6) is 0.954. The van der Waals surface area contributed by atoms with Gasteiger partial charge in [-0.25, -0.2) is 0 Å². The van der Waals surface area contributed by atoms with Crippen LogP contribution in [0.3, 0.4) is 0 Å². The molecule has 0 radical (unpaired) electrons. The molecular weight excluding hydrogens is 136 g/mol. The van der Waals surface area contributed by atoms with Crippen LogP contribution in [0.25, 0.3) is 0 Å². The van der Waals surface area contributed by atoms with Crippen molar-refractivity contribution in [2.45, 2.75) is 46.5 Å². The number of ether oxygens (including phenoxy) is 1. The first-order valence-electron chi connectivity index (χ1n) is 4.89. The van der Waals surface area contributed by atoms with Gasteiger partial charge in [0.1, 0.15) is 0 Å². The summed E-state index contributed by atoms with van der Waals surface area (Å²) in [6, 6.07) is 0. The maximum absolute atomic E-state index is 4.50. The number of unbranched alkanes of at least 4 members (excludes halogenated alkanes) is 1. The molecule has 11 heavy (non-hydrogen) atoms. The van der Waals surface area contributed by atoms with Crippen LogP contribution in [0.5, 0.6) is 0 Å². The Morgan fingerprint density at radius 3 is 2.09 bits per heavy atom. The summed E-state index contributed by atoms with van der Waals surface area (Å²) in [6.45, 7) is 8.85. The van der Waals surface area contributed by atoms with Gasteiger partial charge in [-0.2, -0.15) is 0 Å². The van der Waals surface area contributed by atoms with E-state index in [1.165, 1.54) is 25.7 Å². The Kier molecular flexibility index (Phi) is 8.03. The minimum absolute atomic E-state index is 0.954. The Bertz CT molecular complexity index is 66.5. The van der Waals surface area contributed by atoms with Gasteiger partial charge in [-0.1, -0.05) is 46.5 Å². The van der Waals surface area contributed by atoms with Crippen molar-refractivity contribution in [3.63, 3.8) is 0 Å². The fourth-order valence-electron chi connectivity index (χ4n) is 0.757. The second-order valence-corrected chi connectivity index (χ2v) is 3.27. The monoisotopic (exact) mass is 158 g/mol. The predicted octanol–water partition coefficient (Wildman–Crippen LogP) is 3.24. The van der Waals surface area contributed by atoms with Gasteiger partial charge in [-0.3, -0.25) is 0 Å². The lowest BCUT2D eigenvalue weighted by Gasteiger charge is -2.04. The van der Waals surface area contributed by atoms with Crippen LogP contribution in [-0.4, -0.2) is 13.2 Å². The number of epoxide rings is 1. The highest BCUT2D eigenvalue weighted by Crippen LogP contribution is 2.09. The molecule has 68 valence electrons. The maximum Gasteiger partial charge on any atom is 0.0701 e. The normalized spacial score (nSPS) is 16.6. The topological polar surface area (TPSA) is 12.5 Å². The van der Waals surface area contributed by atoms with Crippen LogP contribution in [0, 0.1) is 5.92 Å². The Morgan fingerprint density at radius 2 is 1.82 bits per heavy atom. The first-order chi connectivity index (χ1) is 5.31. The quantitative estimate of drug-likeness (QED) is 0.572. The standard InChI is InChI=1S/C8H18.C2H4O/c1-4-6-7-8(3)5-2;1-2-3-1/h8H,4-7H2,1-3H3;1-2H2. The Morgan fingerprint density at radius 1 is 1.27 bits per heavy atom. The zero-order chi connectivity index (χ0) is 8.53. The summed E-state index contributed by atoms with van der Waals surface area (Å²) in [6.07, 6.45) is 5.53. The molecule has 0 aromatic heterocycles. The zero-order valence-corrected chi connectivity index (χ0v) is 8.23. The first-order valence-corrected chi connectivity index (χ1v) is 4.89. The van der Waals surface area contributed by atoms with Crippen molar-refractivity contribution in [3.8, 4) is 0 Å². The van der Waals surface area contributed by atoms with Crippen LogP contribution >= 0.6 is 0 Å². The van der Waals surface area contributed by atoms with E-state index in [2.05, 4.69) is 25.5 Å². The molecule has 0 aliphatic carbocycles. The van der Waals surface area contributed by atoms with Gasteiger partial charge in [0.05, 0.1) is 13.2 Å². The van der Waals surface area contributed by atoms with Crippen LogP contribution < -0.4 is 0 Å². The summed E-state index contributed by atoms with van der Waals surface area (Å²) >= 11 is 0. The van der Waals surface area contributed by atoms with Gasteiger partial charge < -0.3 is 4.74 Å². The van der Waals surface area contributed by atoms with Crippen LogP contribution in [0.2, 0.25) is 0 Å². The summed E-state index contributed by atoms with van der Waals surface area (Å²) in [5.41, 5.74) is 0. The SMILES string of the molecule is C1CO1.CCCCC(C)CC. The molecule has 1 atom stereocenters. The van der Waals surface area contributed by atoms with Crippen molar-refractivity contribution >= 4 is 0 Å². The predicted molar refractivity (Wildman–Crippen MR) is 49.8 cm³/mol. The third-order valence-electron chi connectivity index (χ3n) is 1.95. The van der Waals surface area contributed by atoms with Gasteiger partial charge >= 0.3 is 0 Å². The average Bonchev–Trinajstić information content (AvgIpc) is 2.85. The molecular formula is C10H22O. The molecule has 1 heterocycles. The number of hydrogen-bond acceptors (Lipinski definition) is 1. The highest BCUT2D eigenvalue weighted by atomic mass is 16.6. The van der Waals surface area contributed by atoms with Crippen molar-refractivity contribution in [2.75, 3.05) is 13.2 Å². The first kappa shape index (κ1) is 11.0. The van der Waals surface area contributed by atoms with Crippen LogP contribution in [0.4, 0.5) is 0 Å². The van der Waals surface area contributed by atoms with Gasteiger partial charge in [0.2, 0.25) is 0 Å². The molecule has 1 aliphatic heterocycles. The van der Waals surface area contributed by atoms with E-state index in [0.717, 1.165) is 19.1 Å². The minimum Gasteiger partial charge on any atom is -0.377 e. The second kappa shape index (κ2) is 8.06. The second-order valence-electron chi connectivity index (χ2n) is 3.27. The number of rotatable bonds is 4. The van der Waals surface area contributed by atoms with E-state index in [-0.39, 0.29) is 0 Å². The number of hydrogen-bond donors (Lipinski definition) is 0. The lowest BCUT2D eigenvalue weighted by atomic mass is 10.0. The van der Waals surface area contributed by atoms with Crippen molar-refractivity contribution in [3.05, 3.63) is 0 Å². The van der Waals surface area contributed by atoms with Crippen molar-refractivity contribution in [2.24, 2.45) is 5.92 Å². The van der Waals surface area contributed by atoms with E-state index < -0.39 is 0 Å². The Balaban J connectivity index is 0.000000271. The summed E-state index contributed by atoms with van der Waals surface area (Å²) < 4.78 is 4.50. The van der Waals surface area contributed by atoms with E-state index in [0.29, 0.717) is 0 Å². The fourth-order valence-corrected chi connectivity index (χ4v) is 0.757. The molecule has 1 fully saturated rings. The van der Waals surface area contributed by atoms with Gasteiger partial charge in [0.25, 0.3) is 0 Å². The van der Waals surface area contributed by atoms with E-state index in [1.807, 2.05) is 0 Å². The largest absolute Gasteiger partial charge is 0.377 e. The van der Waals surface area contributed by atoms with E-state index >= 15 is 0 Å². The maximum atomic E-state index is 4.50. The molecule has 0 spiro atoms. The van der Waals surface area contributed by atoms with Crippen LogP contribution in [0.1, 0.15) is 46.5 Å². The molecule has 0 aromatic rings. The molecule has 0 aromatic carbocycles. The van der Waals surface area contributed by atoms with E-state index in [9.17, 15) is 0 Å². The molecule has 1 rings (SSSR count). The van der Waals surface area contributed by atoms with Crippen LogP contribution in [-0.2, 0) is 4.74 Å². The average molecular weight is 158 g/mol. The van der Waals surface area contributed by atoms with E-state index in [1.54, 1.807) is 0 Å². The molecule has 1 aliphatic rings. The molecule has 1 heteroatoms. The Hall–Kier alpha value is -0.0400. The summed E-state index contributed by atoms with van der Waals surface area (Å²) in [4.78, 5) is 0.